The summed E-state index contributed by atoms with van der Waals surface area (Å²) >= 11 is 2.71. The van der Waals surface area contributed by atoms with Gasteiger partial charge in [-0.1, -0.05) is 29.5 Å². The van der Waals surface area contributed by atoms with Crippen molar-refractivity contribution in [3.63, 3.8) is 0 Å². The van der Waals surface area contributed by atoms with Crippen LogP contribution < -0.4 is 10.2 Å². The number of aromatic nitrogens is 2. The predicted molar refractivity (Wildman–Crippen MR) is 131 cm³/mol. The zero-order chi connectivity index (χ0) is 23.7. The van der Waals surface area contributed by atoms with E-state index in [0.717, 1.165) is 31.6 Å². The fraction of sp³-hybridized carbons (Fsp3) is 0.217. The monoisotopic (exact) mass is 479 g/mol. The average molecular weight is 480 g/mol. The van der Waals surface area contributed by atoms with Crippen LogP contribution in [0.25, 0.3) is 15.2 Å². The van der Waals surface area contributed by atoms with Gasteiger partial charge in [0, 0.05) is 25.5 Å². The van der Waals surface area contributed by atoms with Gasteiger partial charge in [0.25, 0.3) is 5.91 Å². The molecular weight excluding hydrogens is 458 g/mol. The summed E-state index contributed by atoms with van der Waals surface area (Å²) in [6, 6.07) is 13.3. The zero-order valence-electron chi connectivity index (χ0n) is 18.5. The highest BCUT2D eigenvalue weighted by atomic mass is 32.1. The first-order chi connectivity index (χ1) is 15.8. The number of carbonyl (C=O) groups is 2. The average Bonchev–Trinajstić information content (AvgIpc) is 3.44. The summed E-state index contributed by atoms with van der Waals surface area (Å²) in [6.07, 6.45) is 0. The number of amides is 1. The molecule has 1 aromatic carbocycles. The molecule has 0 saturated carbocycles. The molecule has 8 nitrogen and oxygen atoms in total. The molecule has 33 heavy (non-hydrogen) atoms. The lowest BCUT2D eigenvalue weighted by atomic mass is 10.2. The first kappa shape index (κ1) is 22.5. The standard InChI is InChI=1S/C23H21N5O3S2/c1-13-14(2)28(15-8-6-5-7-9-15)20(16(13)11-24)25-19(29)12-31-22(30)18-10-17-21(32-18)26-23(33-17)27(3)4/h5-10H,12H2,1-4H3,(H,25,29). The second-order valence-corrected chi connectivity index (χ2v) is 9.55. The van der Waals surface area contributed by atoms with E-state index in [0.29, 0.717) is 16.3 Å². The lowest BCUT2D eigenvalue weighted by Gasteiger charge is -2.13. The molecule has 3 heterocycles. The summed E-state index contributed by atoms with van der Waals surface area (Å²) in [5, 5.41) is 13.3. The van der Waals surface area contributed by atoms with Gasteiger partial charge in [-0.25, -0.2) is 9.78 Å². The first-order valence-electron chi connectivity index (χ1n) is 10.0. The van der Waals surface area contributed by atoms with Crippen molar-refractivity contribution in [2.24, 2.45) is 0 Å². The van der Waals surface area contributed by atoms with Gasteiger partial charge in [0.2, 0.25) is 0 Å². The molecule has 0 saturated heterocycles. The molecule has 0 atom stereocenters. The van der Waals surface area contributed by atoms with Crippen molar-refractivity contribution in [1.82, 2.24) is 9.55 Å². The number of ether oxygens (including phenoxy) is 1. The largest absolute Gasteiger partial charge is 0.451 e. The van der Waals surface area contributed by atoms with Crippen molar-refractivity contribution >= 4 is 55.0 Å². The summed E-state index contributed by atoms with van der Waals surface area (Å²) in [7, 11) is 3.82. The topological polar surface area (TPSA) is 100 Å². The van der Waals surface area contributed by atoms with Crippen molar-refractivity contribution in [3.05, 3.63) is 58.1 Å². The van der Waals surface area contributed by atoms with Gasteiger partial charge < -0.3 is 15.0 Å². The number of esters is 1. The number of benzene rings is 1. The molecule has 0 aliphatic rings. The number of hydrogen-bond donors (Lipinski definition) is 1. The first-order valence-corrected chi connectivity index (χ1v) is 11.7. The van der Waals surface area contributed by atoms with Crippen molar-refractivity contribution in [2.75, 3.05) is 30.9 Å². The number of anilines is 2. The second-order valence-electron chi connectivity index (χ2n) is 7.51. The Kier molecular flexibility index (Phi) is 6.18. The molecule has 1 amide bonds. The minimum atomic E-state index is -0.585. The Hall–Kier alpha value is -3.68. The van der Waals surface area contributed by atoms with Crippen molar-refractivity contribution in [1.29, 1.82) is 5.26 Å². The van der Waals surface area contributed by atoms with Gasteiger partial charge in [-0.3, -0.25) is 9.36 Å². The molecule has 4 aromatic rings. The van der Waals surface area contributed by atoms with E-state index in [-0.39, 0.29) is 0 Å². The minimum absolute atomic E-state index is 0.358. The molecule has 168 valence electrons. The van der Waals surface area contributed by atoms with E-state index in [1.54, 1.807) is 6.07 Å². The molecule has 0 aliphatic heterocycles. The van der Waals surface area contributed by atoms with E-state index in [1.807, 2.05) is 67.7 Å². The Labute approximate surface area is 198 Å². The number of thiazole rings is 1. The van der Waals surface area contributed by atoms with Gasteiger partial charge >= 0.3 is 5.97 Å². The van der Waals surface area contributed by atoms with Crippen LogP contribution in [0, 0.1) is 25.2 Å². The van der Waals surface area contributed by atoms with Crippen LogP contribution in [-0.4, -0.2) is 42.1 Å². The fourth-order valence-electron chi connectivity index (χ4n) is 3.35. The Bertz CT molecular complexity index is 1360. The highest BCUT2D eigenvalue weighted by Gasteiger charge is 2.22. The highest BCUT2D eigenvalue weighted by Crippen LogP contribution is 2.34. The quantitative estimate of drug-likeness (QED) is 0.409. The van der Waals surface area contributed by atoms with Crippen LogP contribution in [0.5, 0.6) is 0 Å². The molecule has 0 radical (unpaired) electrons. The number of nitrogens with zero attached hydrogens (tertiary/aromatic N) is 4. The maximum atomic E-state index is 12.6. The Morgan fingerprint density at radius 3 is 2.58 bits per heavy atom. The molecule has 0 bridgehead atoms. The molecule has 0 fully saturated rings. The number of nitrogens with one attached hydrogen (secondary N) is 1. The molecular formula is C23H21N5O3S2. The summed E-state index contributed by atoms with van der Waals surface area (Å²) in [5.41, 5.74) is 2.80. The van der Waals surface area contributed by atoms with Crippen LogP contribution in [0.3, 0.4) is 0 Å². The van der Waals surface area contributed by atoms with Crippen LogP contribution in [0.2, 0.25) is 0 Å². The van der Waals surface area contributed by atoms with Gasteiger partial charge in [-0.05, 0) is 37.6 Å². The lowest BCUT2D eigenvalue weighted by molar-refractivity contribution is -0.119. The number of rotatable bonds is 6. The molecule has 3 aromatic heterocycles. The van der Waals surface area contributed by atoms with Crippen LogP contribution in [0.15, 0.2) is 36.4 Å². The number of carbonyl (C=O) groups excluding carboxylic acids is 2. The predicted octanol–water partition coefficient (Wildman–Crippen LogP) is 4.50. The van der Waals surface area contributed by atoms with Gasteiger partial charge in [-0.15, -0.1) is 11.3 Å². The van der Waals surface area contributed by atoms with Crippen LogP contribution in [-0.2, 0) is 9.53 Å². The third-order valence-corrected chi connectivity index (χ3v) is 7.40. The highest BCUT2D eigenvalue weighted by molar-refractivity contribution is 7.29. The van der Waals surface area contributed by atoms with Crippen molar-refractivity contribution in [3.8, 4) is 11.8 Å². The molecule has 0 aliphatic carbocycles. The Morgan fingerprint density at radius 1 is 1.21 bits per heavy atom. The lowest BCUT2D eigenvalue weighted by Crippen LogP contribution is -2.22. The summed E-state index contributed by atoms with van der Waals surface area (Å²) < 4.78 is 7.94. The molecule has 1 N–H and O–H groups in total. The van der Waals surface area contributed by atoms with Gasteiger partial charge in [0.05, 0.1) is 10.3 Å². The number of nitriles is 1. The Morgan fingerprint density at radius 2 is 1.94 bits per heavy atom. The van der Waals surface area contributed by atoms with E-state index in [4.69, 9.17) is 4.74 Å². The van der Waals surface area contributed by atoms with Crippen LogP contribution in [0.4, 0.5) is 10.9 Å². The smallest absolute Gasteiger partial charge is 0.348 e. The van der Waals surface area contributed by atoms with Crippen LogP contribution in [0.1, 0.15) is 26.5 Å². The zero-order valence-corrected chi connectivity index (χ0v) is 20.1. The Balaban J connectivity index is 1.49. The summed E-state index contributed by atoms with van der Waals surface area (Å²) in [6.45, 7) is 3.25. The van der Waals surface area contributed by atoms with Crippen molar-refractivity contribution in [2.45, 2.75) is 13.8 Å². The molecule has 0 spiro atoms. The van der Waals surface area contributed by atoms with Crippen molar-refractivity contribution < 1.29 is 14.3 Å². The fourth-order valence-corrected chi connectivity index (χ4v) is 5.37. The van der Waals surface area contributed by atoms with Gasteiger partial charge in [0.1, 0.15) is 21.6 Å². The minimum Gasteiger partial charge on any atom is -0.451 e. The van der Waals surface area contributed by atoms with E-state index >= 15 is 0 Å². The molecule has 10 heteroatoms. The van der Waals surface area contributed by atoms with E-state index in [9.17, 15) is 14.9 Å². The summed E-state index contributed by atoms with van der Waals surface area (Å²) in [5.74, 6) is -0.754. The normalized spacial score (nSPS) is 10.8. The molecule has 0 unspecified atom stereocenters. The SMILES string of the molecule is Cc1c(C#N)c(NC(=O)COC(=O)c2cc3sc(N(C)C)nc3s2)n(-c2ccccc2)c1C. The van der Waals surface area contributed by atoms with Crippen LogP contribution >= 0.6 is 22.7 Å². The number of fused-ring (bicyclic) bond motifs is 1. The van der Waals surface area contributed by atoms with E-state index in [1.165, 1.54) is 22.7 Å². The van der Waals surface area contributed by atoms with E-state index in [2.05, 4.69) is 16.4 Å². The van der Waals surface area contributed by atoms with E-state index < -0.39 is 18.5 Å². The number of hydrogen-bond acceptors (Lipinski definition) is 8. The van der Waals surface area contributed by atoms with Gasteiger partial charge in [0.15, 0.2) is 11.7 Å². The second kappa shape index (κ2) is 9.05. The third kappa shape index (κ3) is 4.33. The number of para-hydroxylation sites is 1. The third-order valence-electron chi connectivity index (χ3n) is 5.09. The van der Waals surface area contributed by atoms with Gasteiger partial charge in [-0.2, -0.15) is 5.26 Å². The number of thiophene rings is 1. The summed E-state index contributed by atoms with van der Waals surface area (Å²) in [4.78, 5) is 32.6. The maximum Gasteiger partial charge on any atom is 0.348 e. The maximum absolute atomic E-state index is 12.6. The molecule has 4 rings (SSSR count).